The van der Waals surface area contributed by atoms with E-state index >= 15 is 0 Å². The second-order valence-electron chi connectivity index (χ2n) is 17.0. The number of fused-ring (bicyclic) bond motifs is 2. The first-order valence-corrected chi connectivity index (χ1v) is 21.4. The van der Waals surface area contributed by atoms with Gasteiger partial charge in [0.1, 0.15) is 46.9 Å². The van der Waals surface area contributed by atoms with Crippen LogP contribution in [-0.4, -0.2) is 103 Å². The summed E-state index contributed by atoms with van der Waals surface area (Å²) in [4.78, 5) is 85.4. The van der Waals surface area contributed by atoms with Gasteiger partial charge in [-0.15, -0.1) is 0 Å². The van der Waals surface area contributed by atoms with Crippen molar-refractivity contribution in [3.05, 3.63) is 102 Å². The number of benzene rings is 1. The number of hydrogen-bond donors (Lipinski definition) is 7. The van der Waals surface area contributed by atoms with Crippen LogP contribution in [0, 0.1) is 23.6 Å². The molecule has 2 aliphatic heterocycles. The first-order valence-electron chi connectivity index (χ1n) is 21.4. The first-order chi connectivity index (χ1) is 30.3. The fourth-order valence-corrected chi connectivity index (χ4v) is 7.35. The molecule has 2 bridgehead atoms. The zero-order valence-electron chi connectivity index (χ0n) is 37.1. The van der Waals surface area contributed by atoms with Crippen molar-refractivity contribution in [3.8, 4) is 5.75 Å². The number of anilines is 1. The third-order valence-electron chi connectivity index (χ3n) is 11.2. The number of cyclic esters (lactones) is 1. The molecule has 4 rings (SSSR count). The van der Waals surface area contributed by atoms with E-state index in [-0.39, 0.29) is 50.0 Å². The van der Waals surface area contributed by atoms with Gasteiger partial charge >= 0.3 is 5.97 Å². The number of nitrogens with zero attached hydrogens (tertiary/aromatic N) is 2. The van der Waals surface area contributed by atoms with E-state index in [0.29, 0.717) is 17.8 Å². The highest BCUT2D eigenvalue weighted by Gasteiger charge is 2.43. The molecule has 1 saturated heterocycles. The Bertz CT molecular complexity index is 2090. The van der Waals surface area contributed by atoms with Crippen LogP contribution in [0.4, 0.5) is 10.2 Å². The van der Waals surface area contributed by atoms with E-state index in [2.05, 4.69) is 26.4 Å². The third kappa shape index (κ3) is 14.8. The fourth-order valence-electron chi connectivity index (χ4n) is 7.35. The Balaban J connectivity index is 1.74. The minimum absolute atomic E-state index is 0.0678. The number of halogens is 1. The summed E-state index contributed by atoms with van der Waals surface area (Å²) < 4.78 is 20.6. The van der Waals surface area contributed by atoms with Crippen LogP contribution in [0.5, 0.6) is 5.75 Å². The molecular formula is C47H61FN6O10. The van der Waals surface area contributed by atoms with Gasteiger partial charge in [0.2, 0.25) is 17.7 Å². The van der Waals surface area contributed by atoms with Crippen molar-refractivity contribution < 1.29 is 53.2 Å². The number of aliphatic hydroxyl groups excluding tert-OH is 2. The molecule has 0 aliphatic carbocycles. The van der Waals surface area contributed by atoms with Crippen molar-refractivity contribution in [3.63, 3.8) is 0 Å². The summed E-state index contributed by atoms with van der Waals surface area (Å²) in [6.07, 6.45) is 8.86. The number of aromatic hydroxyl groups is 1. The van der Waals surface area contributed by atoms with E-state index in [9.17, 15) is 48.5 Å². The van der Waals surface area contributed by atoms with Crippen LogP contribution in [-0.2, 0) is 39.9 Å². The molecule has 0 radical (unpaired) electrons. The molecule has 1 aromatic heterocycles. The van der Waals surface area contributed by atoms with Crippen molar-refractivity contribution in [2.24, 2.45) is 17.8 Å². The Kier molecular flexibility index (Phi) is 18.7. The molecule has 2 aliphatic rings. The Morgan fingerprint density at radius 2 is 1.83 bits per heavy atom. The number of rotatable bonds is 10. The van der Waals surface area contributed by atoms with Gasteiger partial charge in [-0.2, -0.15) is 0 Å². The van der Waals surface area contributed by atoms with Crippen LogP contribution in [0.1, 0.15) is 79.2 Å². The summed E-state index contributed by atoms with van der Waals surface area (Å²) >= 11 is 0. The maximum Gasteiger partial charge on any atom is 0.328 e. The molecule has 4 amide bonds. The second-order valence-corrected chi connectivity index (χ2v) is 17.0. The highest BCUT2D eigenvalue weighted by molar-refractivity contribution is 5.98. The number of amides is 4. The summed E-state index contributed by atoms with van der Waals surface area (Å²) in [6, 6.07) is 5.63. The van der Waals surface area contributed by atoms with E-state index in [1.807, 2.05) is 0 Å². The van der Waals surface area contributed by atoms with E-state index in [1.165, 1.54) is 49.3 Å². The zero-order valence-corrected chi connectivity index (χ0v) is 37.1. The lowest BCUT2D eigenvalue weighted by atomic mass is 9.84. The highest BCUT2D eigenvalue weighted by atomic mass is 19.1. The number of Topliss-reactive ketones (excluding diaryl/α,β-unsaturated/α-hetero) is 1. The molecule has 0 saturated carbocycles. The van der Waals surface area contributed by atoms with Gasteiger partial charge in [-0.3, -0.25) is 24.2 Å². The van der Waals surface area contributed by atoms with E-state index in [4.69, 9.17) is 4.74 Å². The van der Waals surface area contributed by atoms with Gasteiger partial charge in [0, 0.05) is 50.1 Å². The van der Waals surface area contributed by atoms with Crippen LogP contribution in [0.25, 0.3) is 0 Å². The molecule has 1 aromatic carbocycles. The Morgan fingerprint density at radius 1 is 1.08 bits per heavy atom. The van der Waals surface area contributed by atoms with Gasteiger partial charge < -0.3 is 40.8 Å². The number of phenols is 1. The predicted molar refractivity (Wildman–Crippen MR) is 236 cm³/mol. The summed E-state index contributed by atoms with van der Waals surface area (Å²) in [5, 5.41) is 42.0. The average molecular weight is 889 g/mol. The van der Waals surface area contributed by atoms with Crippen molar-refractivity contribution >= 4 is 41.2 Å². The highest BCUT2D eigenvalue weighted by Crippen LogP contribution is 2.26. The molecule has 64 heavy (non-hydrogen) atoms. The average Bonchev–Trinajstić information content (AvgIpc) is 3.23. The molecule has 0 spiro atoms. The molecule has 1 fully saturated rings. The van der Waals surface area contributed by atoms with Crippen LogP contribution in [0.3, 0.4) is 0 Å². The number of ketones is 1. The number of pyridine rings is 1. The minimum atomic E-state index is -1.47. The molecule has 7 N–H and O–H groups in total. The third-order valence-corrected chi connectivity index (χ3v) is 11.2. The predicted octanol–water partition coefficient (Wildman–Crippen LogP) is 3.89. The number of hydrazine groups is 1. The van der Waals surface area contributed by atoms with E-state index < -0.39 is 94.9 Å². The smallest absolute Gasteiger partial charge is 0.328 e. The molecular weight excluding hydrogens is 828 g/mol. The van der Waals surface area contributed by atoms with Gasteiger partial charge in [0.05, 0.1) is 18.1 Å². The number of aromatic nitrogens is 1. The van der Waals surface area contributed by atoms with E-state index in [1.54, 1.807) is 70.2 Å². The molecule has 8 atom stereocenters. The molecule has 16 nitrogen and oxygen atoms in total. The lowest BCUT2D eigenvalue weighted by molar-refractivity contribution is -0.163. The summed E-state index contributed by atoms with van der Waals surface area (Å²) in [5.41, 5.74) is 2.27. The number of carbonyl (C=O) groups is 6. The lowest BCUT2D eigenvalue weighted by Crippen LogP contribution is -2.66. The molecule has 346 valence electrons. The van der Waals surface area contributed by atoms with Crippen molar-refractivity contribution in [1.29, 1.82) is 0 Å². The summed E-state index contributed by atoms with van der Waals surface area (Å²) in [6.45, 7) is 9.60. The fraction of sp³-hybridized carbons (Fsp3) is 0.468. The van der Waals surface area contributed by atoms with Crippen molar-refractivity contribution in [2.45, 2.75) is 116 Å². The van der Waals surface area contributed by atoms with Crippen molar-refractivity contribution in [2.75, 3.05) is 11.9 Å². The number of esters is 1. The minimum Gasteiger partial charge on any atom is -0.508 e. The maximum atomic E-state index is 14.5. The Labute approximate surface area is 373 Å². The van der Waals surface area contributed by atoms with Gasteiger partial charge in [0.15, 0.2) is 0 Å². The van der Waals surface area contributed by atoms with Crippen LogP contribution in [0.2, 0.25) is 0 Å². The zero-order chi connectivity index (χ0) is 47.1. The quantitative estimate of drug-likeness (QED) is 0.102. The largest absolute Gasteiger partial charge is 0.508 e. The molecule has 17 heteroatoms. The maximum absolute atomic E-state index is 14.5. The molecule has 3 heterocycles. The van der Waals surface area contributed by atoms with Crippen LogP contribution in [0.15, 0.2) is 90.7 Å². The van der Waals surface area contributed by atoms with Crippen LogP contribution < -0.4 is 21.4 Å². The van der Waals surface area contributed by atoms with Crippen LogP contribution >= 0.6 is 0 Å². The normalized spacial score (nSPS) is 28.0. The van der Waals surface area contributed by atoms with E-state index in [0.717, 1.165) is 12.1 Å². The summed E-state index contributed by atoms with van der Waals surface area (Å²) in [5.74, 6) is -7.20. The first kappa shape index (κ1) is 50.6. The SMILES string of the molecule is CC(=O)CC[C@H]1C(=O)N[C@@H](C(C)C)C(=O)N[C@@H](Cc2cc(O)cc(F)c2)C(=O)N2CCCC(C)(N2)C(=O)O[C@H](/C(C)=C/C=C/C(=O)Nc2ccccn2)C/C=C/C=C/[C@H](O)[C@H](C)[C@H]1O. The molecule has 2 aromatic rings. The van der Waals surface area contributed by atoms with Gasteiger partial charge in [-0.05, 0) is 81.4 Å². The lowest BCUT2D eigenvalue weighted by Gasteiger charge is -2.41. The number of carbonyl (C=O) groups excluding carboxylic acids is 6. The number of ether oxygens (including phenoxy) is 1. The number of allylic oxidation sites excluding steroid dienone is 4. The topological polar surface area (TPSA) is 237 Å². The monoisotopic (exact) mass is 888 g/mol. The van der Waals surface area contributed by atoms with Gasteiger partial charge in [-0.1, -0.05) is 63.3 Å². The van der Waals surface area contributed by atoms with Gasteiger partial charge in [-0.25, -0.2) is 19.6 Å². The summed E-state index contributed by atoms with van der Waals surface area (Å²) in [7, 11) is 0. The number of nitrogens with one attached hydrogen (secondary N) is 4. The Morgan fingerprint density at radius 3 is 2.50 bits per heavy atom. The second kappa shape index (κ2) is 23.6. The number of hydrogen-bond acceptors (Lipinski definition) is 12. The molecule has 1 unspecified atom stereocenters. The van der Waals surface area contributed by atoms with Crippen molar-refractivity contribution in [1.82, 2.24) is 26.1 Å². The standard InChI is InChI=1S/C47H61FN6O10/c1-28(2)41-44(61)50-36(26-32-24-33(48)27-34(56)25-32)45(62)54-23-13-21-47(6,53-54)46(63)64-38(29(3)14-12-18-40(58)51-39-17-10-11-22-49-39)16-9-7-8-15-37(57)31(5)42(59)35(43(60)52-41)20-19-30(4)55/h7-12,14-15,17-18,22,24-25,27-28,31,35-38,41-42,53,56-57,59H,13,16,19-21,23,26H2,1-6H3,(H,50,61)(H,52,60)(H,49,51,58)/b9-7+,15-8+,18-12+,29-14+/t31-,35+,36-,37-,38-,41-,42+,47?/m0/s1. The van der Waals surface area contributed by atoms with Gasteiger partial charge in [0.25, 0.3) is 5.91 Å². The number of phenolic OH excluding ortho intramolecular Hbond substituents is 1. The number of aliphatic hydroxyl groups is 2. The Hall–Kier alpha value is -6.04.